The lowest BCUT2D eigenvalue weighted by molar-refractivity contribution is -0.137. The van der Waals surface area contributed by atoms with Crippen LogP contribution in [0.25, 0.3) is 0 Å². The molecule has 2 rings (SSSR count). The molecule has 2 aromatic rings. The Morgan fingerprint density at radius 1 is 1.14 bits per heavy atom. The number of hydrogen-bond acceptors (Lipinski definition) is 2. The molecule has 0 aliphatic heterocycles. The molecule has 22 heavy (non-hydrogen) atoms. The van der Waals surface area contributed by atoms with E-state index in [0.29, 0.717) is 17.0 Å². The summed E-state index contributed by atoms with van der Waals surface area (Å²) in [5.41, 5.74) is 0.0609. The molecular formula is C16H14F3NO2. The van der Waals surface area contributed by atoms with Crippen molar-refractivity contribution >= 4 is 11.6 Å². The van der Waals surface area contributed by atoms with Gasteiger partial charge in [-0.2, -0.15) is 13.2 Å². The highest BCUT2D eigenvalue weighted by molar-refractivity contribution is 5.92. The van der Waals surface area contributed by atoms with E-state index < -0.39 is 17.6 Å². The van der Waals surface area contributed by atoms with Crippen LogP contribution in [0.5, 0.6) is 5.75 Å². The van der Waals surface area contributed by atoms with Gasteiger partial charge >= 0.3 is 6.18 Å². The van der Waals surface area contributed by atoms with Crippen molar-refractivity contribution in [3.63, 3.8) is 0 Å². The number of carbonyl (C=O) groups is 1. The third-order valence-corrected chi connectivity index (χ3v) is 2.97. The first kappa shape index (κ1) is 15.9. The van der Waals surface area contributed by atoms with E-state index in [1.807, 2.05) is 0 Å². The van der Waals surface area contributed by atoms with Crippen LogP contribution < -0.4 is 10.1 Å². The summed E-state index contributed by atoms with van der Waals surface area (Å²) in [5.74, 6) is 0.185. The number of carbonyl (C=O) groups excluding carboxylic acids is 1. The number of nitrogens with one attached hydrogen (secondary N) is 1. The Kier molecular flexibility index (Phi) is 4.70. The van der Waals surface area contributed by atoms with E-state index in [9.17, 15) is 18.0 Å². The Labute approximate surface area is 125 Å². The number of alkyl halides is 3. The molecule has 116 valence electrons. The van der Waals surface area contributed by atoms with E-state index in [4.69, 9.17) is 4.74 Å². The number of benzene rings is 2. The highest BCUT2D eigenvalue weighted by atomic mass is 19.4. The second-order valence-electron chi connectivity index (χ2n) is 4.66. The molecule has 0 fully saturated rings. The summed E-state index contributed by atoms with van der Waals surface area (Å²) < 4.78 is 42.9. The molecule has 0 saturated heterocycles. The second kappa shape index (κ2) is 6.51. The summed E-state index contributed by atoms with van der Waals surface area (Å²) in [5, 5.41) is 2.62. The minimum atomic E-state index is -4.42. The van der Waals surface area contributed by atoms with Crippen LogP contribution >= 0.6 is 0 Å². The fourth-order valence-electron chi connectivity index (χ4n) is 1.95. The SMILES string of the molecule is COc1cccc(NC(=O)Cc2cccc(C(F)(F)F)c2)c1. The molecule has 1 amide bonds. The predicted molar refractivity (Wildman–Crippen MR) is 76.8 cm³/mol. The van der Waals surface area contributed by atoms with Gasteiger partial charge in [-0.05, 0) is 23.8 Å². The average Bonchev–Trinajstić information content (AvgIpc) is 2.46. The van der Waals surface area contributed by atoms with Gasteiger partial charge in [0.1, 0.15) is 5.75 Å². The number of methoxy groups -OCH3 is 1. The maximum absolute atomic E-state index is 12.6. The van der Waals surface area contributed by atoms with Gasteiger partial charge in [-0.1, -0.05) is 24.3 Å². The van der Waals surface area contributed by atoms with Crippen LogP contribution in [0.2, 0.25) is 0 Å². The summed E-state index contributed by atoms with van der Waals surface area (Å²) in [7, 11) is 1.50. The molecule has 0 radical (unpaired) electrons. The summed E-state index contributed by atoms with van der Waals surface area (Å²) >= 11 is 0. The topological polar surface area (TPSA) is 38.3 Å². The summed E-state index contributed by atoms with van der Waals surface area (Å²) in [6, 6.07) is 11.5. The molecule has 0 atom stereocenters. The average molecular weight is 309 g/mol. The first-order valence-corrected chi connectivity index (χ1v) is 6.48. The molecule has 0 aromatic heterocycles. The van der Waals surface area contributed by atoms with Gasteiger partial charge in [0.15, 0.2) is 0 Å². The molecule has 0 spiro atoms. The summed E-state index contributed by atoms with van der Waals surface area (Å²) in [6.45, 7) is 0. The smallest absolute Gasteiger partial charge is 0.416 e. The fraction of sp³-hybridized carbons (Fsp3) is 0.188. The van der Waals surface area contributed by atoms with Crippen molar-refractivity contribution in [2.24, 2.45) is 0 Å². The maximum atomic E-state index is 12.6. The van der Waals surface area contributed by atoms with Gasteiger partial charge in [0.2, 0.25) is 5.91 Å². The third kappa shape index (κ3) is 4.25. The van der Waals surface area contributed by atoms with E-state index in [1.54, 1.807) is 24.3 Å². The van der Waals surface area contributed by atoms with Crippen LogP contribution in [0, 0.1) is 0 Å². The van der Waals surface area contributed by atoms with Crippen LogP contribution in [0.15, 0.2) is 48.5 Å². The van der Waals surface area contributed by atoms with Gasteiger partial charge in [0.25, 0.3) is 0 Å². The fourth-order valence-corrected chi connectivity index (χ4v) is 1.95. The highest BCUT2D eigenvalue weighted by Gasteiger charge is 2.30. The minimum Gasteiger partial charge on any atom is -0.497 e. The van der Waals surface area contributed by atoms with E-state index >= 15 is 0 Å². The molecule has 1 N–H and O–H groups in total. The Morgan fingerprint density at radius 2 is 1.86 bits per heavy atom. The molecule has 0 unspecified atom stereocenters. The zero-order chi connectivity index (χ0) is 16.2. The molecule has 0 heterocycles. The van der Waals surface area contributed by atoms with E-state index in [2.05, 4.69) is 5.32 Å². The third-order valence-electron chi connectivity index (χ3n) is 2.97. The highest BCUT2D eigenvalue weighted by Crippen LogP contribution is 2.29. The monoisotopic (exact) mass is 309 g/mol. The number of amides is 1. The van der Waals surface area contributed by atoms with Crippen LogP contribution in [-0.4, -0.2) is 13.0 Å². The van der Waals surface area contributed by atoms with Crippen molar-refractivity contribution in [2.45, 2.75) is 12.6 Å². The molecular weight excluding hydrogens is 295 g/mol. The molecule has 2 aromatic carbocycles. The minimum absolute atomic E-state index is 0.138. The maximum Gasteiger partial charge on any atom is 0.416 e. The Bertz CT molecular complexity index is 668. The zero-order valence-corrected chi connectivity index (χ0v) is 11.8. The standard InChI is InChI=1S/C16H14F3NO2/c1-22-14-7-3-6-13(10-14)20-15(21)9-11-4-2-5-12(8-11)16(17,18)19/h2-8,10H,9H2,1H3,(H,20,21). The first-order chi connectivity index (χ1) is 10.4. The number of rotatable bonds is 4. The van der Waals surface area contributed by atoms with Gasteiger partial charge in [-0.15, -0.1) is 0 Å². The van der Waals surface area contributed by atoms with Crippen LogP contribution in [0.3, 0.4) is 0 Å². The molecule has 0 saturated carbocycles. The number of ether oxygens (including phenoxy) is 1. The van der Waals surface area contributed by atoms with E-state index in [-0.39, 0.29) is 6.42 Å². The number of hydrogen-bond donors (Lipinski definition) is 1. The Morgan fingerprint density at radius 3 is 2.55 bits per heavy atom. The lowest BCUT2D eigenvalue weighted by Crippen LogP contribution is -2.15. The van der Waals surface area contributed by atoms with Crippen molar-refractivity contribution < 1.29 is 22.7 Å². The Hall–Kier alpha value is -2.50. The van der Waals surface area contributed by atoms with Crippen LogP contribution in [-0.2, 0) is 17.4 Å². The summed E-state index contributed by atoms with van der Waals surface area (Å²) in [6.07, 6.45) is -4.56. The molecule has 0 aliphatic rings. The van der Waals surface area contributed by atoms with Gasteiger partial charge in [0, 0.05) is 11.8 Å². The Balaban J connectivity index is 2.06. The predicted octanol–water partition coefficient (Wildman–Crippen LogP) is 3.90. The first-order valence-electron chi connectivity index (χ1n) is 6.48. The number of anilines is 1. The second-order valence-corrected chi connectivity index (χ2v) is 4.66. The largest absolute Gasteiger partial charge is 0.497 e. The van der Waals surface area contributed by atoms with Crippen molar-refractivity contribution in [3.05, 3.63) is 59.7 Å². The molecule has 3 nitrogen and oxygen atoms in total. The molecule has 0 aliphatic carbocycles. The van der Waals surface area contributed by atoms with Crippen LogP contribution in [0.4, 0.5) is 18.9 Å². The van der Waals surface area contributed by atoms with Gasteiger partial charge in [-0.3, -0.25) is 4.79 Å². The van der Waals surface area contributed by atoms with Gasteiger partial charge in [-0.25, -0.2) is 0 Å². The van der Waals surface area contributed by atoms with Crippen molar-refractivity contribution in [2.75, 3.05) is 12.4 Å². The van der Waals surface area contributed by atoms with E-state index in [1.165, 1.54) is 19.2 Å². The van der Waals surface area contributed by atoms with Crippen molar-refractivity contribution in [1.82, 2.24) is 0 Å². The quantitative estimate of drug-likeness (QED) is 0.930. The van der Waals surface area contributed by atoms with E-state index in [0.717, 1.165) is 12.1 Å². The lowest BCUT2D eigenvalue weighted by Gasteiger charge is -2.09. The zero-order valence-electron chi connectivity index (χ0n) is 11.8. The summed E-state index contributed by atoms with van der Waals surface area (Å²) in [4.78, 5) is 11.9. The van der Waals surface area contributed by atoms with Crippen molar-refractivity contribution in [1.29, 1.82) is 0 Å². The normalized spacial score (nSPS) is 11.1. The van der Waals surface area contributed by atoms with Crippen LogP contribution in [0.1, 0.15) is 11.1 Å². The number of halogens is 3. The van der Waals surface area contributed by atoms with Gasteiger partial charge < -0.3 is 10.1 Å². The lowest BCUT2D eigenvalue weighted by atomic mass is 10.1. The molecule has 0 bridgehead atoms. The molecule has 6 heteroatoms. The van der Waals surface area contributed by atoms with Gasteiger partial charge in [0.05, 0.1) is 19.1 Å². The van der Waals surface area contributed by atoms with Crippen molar-refractivity contribution in [3.8, 4) is 5.75 Å².